The predicted octanol–water partition coefficient (Wildman–Crippen LogP) is 3.00. The number of ether oxygens (including phenoxy) is 1. The molecule has 2 aromatic rings. The Labute approximate surface area is 183 Å². The molecule has 1 fully saturated rings. The molecule has 2 unspecified atom stereocenters. The molecule has 0 radical (unpaired) electrons. The number of hydrogen-bond acceptors (Lipinski definition) is 7. The summed E-state index contributed by atoms with van der Waals surface area (Å²) in [4.78, 5) is 38.6. The van der Waals surface area contributed by atoms with Gasteiger partial charge < -0.3 is 19.8 Å². The molecule has 3 rings (SSSR count). The molecule has 1 aliphatic heterocycles. The van der Waals surface area contributed by atoms with E-state index in [0.717, 1.165) is 0 Å². The molecular formula is C21H21NO6S2. The second-order valence-electron chi connectivity index (χ2n) is 6.69. The van der Waals surface area contributed by atoms with Gasteiger partial charge in [-0.1, -0.05) is 42.5 Å². The smallest absolute Gasteiger partial charge is 0.327 e. The van der Waals surface area contributed by atoms with E-state index < -0.39 is 28.5 Å². The predicted molar refractivity (Wildman–Crippen MR) is 116 cm³/mol. The molecule has 3 atom stereocenters. The minimum absolute atomic E-state index is 0.149. The van der Waals surface area contributed by atoms with Gasteiger partial charge >= 0.3 is 5.97 Å². The third-order valence-corrected chi connectivity index (χ3v) is 6.54. The maximum atomic E-state index is 13.1. The van der Waals surface area contributed by atoms with E-state index in [4.69, 9.17) is 4.74 Å². The van der Waals surface area contributed by atoms with Gasteiger partial charge in [0.05, 0.1) is 12.4 Å². The number of carbonyl (C=O) groups is 3. The van der Waals surface area contributed by atoms with Gasteiger partial charge in [0, 0.05) is 23.3 Å². The van der Waals surface area contributed by atoms with Crippen molar-refractivity contribution in [3.05, 3.63) is 59.7 Å². The highest BCUT2D eigenvalue weighted by Crippen LogP contribution is 2.47. The number of thiol groups is 1. The summed E-state index contributed by atoms with van der Waals surface area (Å²) in [7, 11) is 1.41. The summed E-state index contributed by atoms with van der Waals surface area (Å²) in [6.45, 7) is 0. The highest BCUT2D eigenvalue weighted by atomic mass is 32.2. The minimum Gasteiger partial charge on any atom is -0.504 e. The molecular weight excluding hydrogens is 426 g/mol. The molecule has 9 heteroatoms. The first kappa shape index (κ1) is 22.0. The first-order valence-corrected chi connectivity index (χ1v) is 10.7. The van der Waals surface area contributed by atoms with Crippen LogP contribution in [0, 0.1) is 0 Å². The summed E-state index contributed by atoms with van der Waals surface area (Å²) >= 11 is 5.53. The number of para-hydroxylation sites is 1. The van der Waals surface area contributed by atoms with Crippen molar-refractivity contribution < 1.29 is 29.3 Å². The lowest BCUT2D eigenvalue weighted by Crippen LogP contribution is -2.44. The molecule has 0 spiro atoms. The summed E-state index contributed by atoms with van der Waals surface area (Å²) in [6.07, 6.45) is -0.261. The van der Waals surface area contributed by atoms with Crippen LogP contribution in [0.2, 0.25) is 0 Å². The number of phenols is 1. The van der Waals surface area contributed by atoms with Crippen molar-refractivity contribution in [3.63, 3.8) is 0 Å². The van der Waals surface area contributed by atoms with Gasteiger partial charge in [-0.05, 0) is 6.07 Å². The fraction of sp³-hybridized carbons (Fsp3) is 0.286. The van der Waals surface area contributed by atoms with Gasteiger partial charge in [0.1, 0.15) is 11.4 Å². The van der Waals surface area contributed by atoms with Crippen LogP contribution in [0.1, 0.15) is 27.7 Å². The van der Waals surface area contributed by atoms with E-state index in [0.29, 0.717) is 11.1 Å². The van der Waals surface area contributed by atoms with Crippen LogP contribution < -0.4 is 4.74 Å². The Morgan fingerprint density at radius 3 is 2.53 bits per heavy atom. The highest BCUT2D eigenvalue weighted by Gasteiger charge is 2.44. The number of phenolic OH excluding ortho intramolecular Hbond substituents is 1. The number of carboxylic acid groups (broad SMARTS) is 1. The van der Waals surface area contributed by atoms with E-state index in [-0.39, 0.29) is 29.5 Å². The Morgan fingerprint density at radius 2 is 1.90 bits per heavy atom. The van der Waals surface area contributed by atoms with E-state index in [2.05, 4.69) is 12.6 Å². The molecule has 0 aromatic heterocycles. The molecule has 1 heterocycles. The van der Waals surface area contributed by atoms with Crippen LogP contribution in [0.5, 0.6) is 11.5 Å². The van der Waals surface area contributed by atoms with E-state index in [1.807, 2.05) is 0 Å². The summed E-state index contributed by atoms with van der Waals surface area (Å²) in [6, 6.07) is 12.3. The summed E-state index contributed by atoms with van der Waals surface area (Å²) < 4.78 is 5.12. The molecule has 7 nitrogen and oxygen atoms in total. The Balaban J connectivity index is 1.86. The van der Waals surface area contributed by atoms with Crippen LogP contribution >= 0.6 is 24.4 Å². The van der Waals surface area contributed by atoms with Crippen molar-refractivity contribution in [1.29, 1.82) is 0 Å². The average Bonchev–Trinajstić information content (AvgIpc) is 3.19. The van der Waals surface area contributed by atoms with Crippen molar-refractivity contribution in [2.24, 2.45) is 0 Å². The van der Waals surface area contributed by atoms with Gasteiger partial charge in [0.15, 0.2) is 17.3 Å². The maximum absolute atomic E-state index is 13.1. The number of aromatic hydroxyl groups is 1. The molecule has 158 valence electrons. The molecule has 1 amide bonds. The largest absolute Gasteiger partial charge is 0.504 e. The quantitative estimate of drug-likeness (QED) is 0.443. The van der Waals surface area contributed by atoms with Gasteiger partial charge in [0.2, 0.25) is 5.91 Å². The minimum atomic E-state index is -1.15. The van der Waals surface area contributed by atoms with Gasteiger partial charge in [-0.25, -0.2) is 4.79 Å². The van der Waals surface area contributed by atoms with Crippen LogP contribution in [-0.4, -0.2) is 56.9 Å². The zero-order valence-electron chi connectivity index (χ0n) is 16.1. The third kappa shape index (κ3) is 4.41. The summed E-state index contributed by atoms with van der Waals surface area (Å²) in [5, 5.41) is 18.5. The van der Waals surface area contributed by atoms with Gasteiger partial charge in [-0.15, -0.1) is 11.8 Å². The number of aliphatic carboxylic acids is 1. The van der Waals surface area contributed by atoms with Gasteiger partial charge in [-0.3, -0.25) is 9.59 Å². The molecule has 2 aromatic carbocycles. The molecule has 0 saturated carbocycles. The van der Waals surface area contributed by atoms with Crippen molar-refractivity contribution in [1.82, 2.24) is 4.90 Å². The van der Waals surface area contributed by atoms with Crippen LogP contribution in [0.15, 0.2) is 48.5 Å². The summed E-state index contributed by atoms with van der Waals surface area (Å²) in [5.74, 6) is -1.75. The summed E-state index contributed by atoms with van der Waals surface area (Å²) in [5.41, 5.74) is 0.805. The first-order chi connectivity index (χ1) is 14.3. The normalized spacial score (nSPS) is 19.3. The van der Waals surface area contributed by atoms with Crippen LogP contribution in [0.25, 0.3) is 0 Å². The lowest BCUT2D eigenvalue weighted by atomic mass is 10.0. The molecule has 0 bridgehead atoms. The standard InChI is InChI=1S/C21H21NO6S2/c1-28-15-9-5-8-13(19(15)25)20-22(14(11-30-20)21(26)27)17(23)10-16(29)18(24)12-6-3-2-4-7-12/h2-9,14,16,20,25,29H,10-11H2,1H3,(H,26,27)/t14-,16?,20?/m0/s1. The number of carboxylic acids is 1. The number of methoxy groups -OCH3 is 1. The number of carbonyl (C=O) groups excluding carboxylic acids is 2. The topological polar surface area (TPSA) is 104 Å². The van der Waals surface area contributed by atoms with E-state index in [9.17, 15) is 24.6 Å². The van der Waals surface area contributed by atoms with Crippen LogP contribution in [0.4, 0.5) is 0 Å². The number of hydrogen-bond donors (Lipinski definition) is 3. The van der Waals surface area contributed by atoms with E-state index >= 15 is 0 Å². The zero-order valence-corrected chi connectivity index (χ0v) is 17.8. The van der Waals surface area contributed by atoms with Crippen molar-refractivity contribution in [2.45, 2.75) is 23.1 Å². The average molecular weight is 448 g/mol. The first-order valence-electron chi connectivity index (χ1n) is 9.14. The maximum Gasteiger partial charge on any atom is 0.327 e. The Hall–Kier alpha value is -2.65. The van der Waals surface area contributed by atoms with Gasteiger partial charge in [-0.2, -0.15) is 12.6 Å². The zero-order chi connectivity index (χ0) is 21.8. The fourth-order valence-electron chi connectivity index (χ4n) is 3.30. The number of rotatable bonds is 7. The SMILES string of the molecule is COc1cccc(C2SC[C@@H](C(=O)O)N2C(=O)CC(S)C(=O)c2ccccc2)c1O. The molecule has 2 N–H and O–H groups in total. The fourth-order valence-corrected chi connectivity index (χ4v) is 5.07. The number of benzene rings is 2. The Bertz CT molecular complexity index is 952. The van der Waals surface area contributed by atoms with Gasteiger partial charge in [0.25, 0.3) is 0 Å². The van der Waals surface area contributed by atoms with E-state index in [1.54, 1.807) is 48.5 Å². The third-order valence-electron chi connectivity index (χ3n) is 4.82. The lowest BCUT2D eigenvalue weighted by molar-refractivity contribution is -0.149. The van der Waals surface area contributed by atoms with Crippen LogP contribution in [-0.2, 0) is 9.59 Å². The van der Waals surface area contributed by atoms with Crippen molar-refractivity contribution >= 4 is 42.1 Å². The number of ketones is 1. The molecule has 0 aliphatic carbocycles. The molecule has 30 heavy (non-hydrogen) atoms. The van der Waals surface area contributed by atoms with Crippen molar-refractivity contribution in [3.8, 4) is 11.5 Å². The molecule has 1 saturated heterocycles. The lowest BCUT2D eigenvalue weighted by Gasteiger charge is -2.29. The monoisotopic (exact) mass is 447 g/mol. The number of Topliss-reactive ketones (excluding diaryl/α,β-unsaturated/α-hetero) is 1. The second-order valence-corrected chi connectivity index (χ2v) is 8.43. The number of nitrogens with zero attached hydrogens (tertiary/aromatic N) is 1. The molecule has 1 aliphatic rings. The number of thioether (sulfide) groups is 1. The van der Waals surface area contributed by atoms with Crippen LogP contribution in [0.3, 0.4) is 0 Å². The Morgan fingerprint density at radius 1 is 1.20 bits per heavy atom. The van der Waals surface area contributed by atoms with E-state index in [1.165, 1.54) is 23.8 Å². The number of amides is 1. The highest BCUT2D eigenvalue weighted by molar-refractivity contribution is 7.99. The Kier molecular flexibility index (Phi) is 6.94. The van der Waals surface area contributed by atoms with Crippen molar-refractivity contribution in [2.75, 3.05) is 12.9 Å². The second kappa shape index (κ2) is 9.44.